The third-order valence-corrected chi connectivity index (χ3v) is 5.19. The van der Waals surface area contributed by atoms with E-state index >= 15 is 0 Å². The Hall–Kier alpha value is -2.70. The zero-order chi connectivity index (χ0) is 18.7. The SMILES string of the molecule is COC(=O)c1ccc2c(c1)sc(=NC(=O)C=Cc1ccccc1Cl)n2C. The molecule has 0 radical (unpaired) electrons. The van der Waals surface area contributed by atoms with Crippen molar-refractivity contribution in [1.82, 2.24) is 4.57 Å². The number of amides is 1. The average molecular weight is 387 g/mol. The second kappa shape index (κ2) is 7.68. The van der Waals surface area contributed by atoms with Crippen molar-refractivity contribution < 1.29 is 14.3 Å². The Morgan fingerprint density at radius 1 is 1.23 bits per heavy atom. The Labute approximate surface area is 158 Å². The molecule has 3 rings (SSSR count). The van der Waals surface area contributed by atoms with E-state index in [-0.39, 0.29) is 5.91 Å². The summed E-state index contributed by atoms with van der Waals surface area (Å²) < 4.78 is 7.38. The molecule has 0 fully saturated rings. The fourth-order valence-corrected chi connectivity index (χ4v) is 3.65. The van der Waals surface area contributed by atoms with E-state index < -0.39 is 5.97 Å². The van der Waals surface area contributed by atoms with Gasteiger partial charge in [0.25, 0.3) is 5.91 Å². The van der Waals surface area contributed by atoms with E-state index in [0.29, 0.717) is 15.4 Å². The highest BCUT2D eigenvalue weighted by atomic mass is 35.5. The van der Waals surface area contributed by atoms with Gasteiger partial charge in [-0.05, 0) is 35.9 Å². The van der Waals surface area contributed by atoms with Crippen LogP contribution in [0.3, 0.4) is 0 Å². The first-order chi connectivity index (χ1) is 12.5. The maximum absolute atomic E-state index is 12.2. The van der Waals surface area contributed by atoms with Gasteiger partial charge >= 0.3 is 5.97 Å². The molecule has 1 amide bonds. The van der Waals surface area contributed by atoms with Gasteiger partial charge in [0.15, 0.2) is 4.80 Å². The van der Waals surface area contributed by atoms with E-state index in [9.17, 15) is 9.59 Å². The van der Waals surface area contributed by atoms with Crippen LogP contribution in [0.4, 0.5) is 0 Å². The molecule has 0 unspecified atom stereocenters. The van der Waals surface area contributed by atoms with Crippen LogP contribution in [0.25, 0.3) is 16.3 Å². The van der Waals surface area contributed by atoms with Gasteiger partial charge in [-0.3, -0.25) is 4.79 Å². The van der Waals surface area contributed by atoms with E-state index in [0.717, 1.165) is 15.8 Å². The van der Waals surface area contributed by atoms with Crippen molar-refractivity contribution in [3.63, 3.8) is 0 Å². The quantitative estimate of drug-likeness (QED) is 0.508. The summed E-state index contributed by atoms with van der Waals surface area (Å²) in [7, 11) is 3.16. The molecule has 5 nitrogen and oxygen atoms in total. The Morgan fingerprint density at radius 2 is 2.00 bits per heavy atom. The lowest BCUT2D eigenvalue weighted by atomic mass is 10.2. The third kappa shape index (κ3) is 3.76. The number of hydrogen-bond donors (Lipinski definition) is 0. The lowest BCUT2D eigenvalue weighted by molar-refractivity contribution is -0.113. The molecule has 26 heavy (non-hydrogen) atoms. The first kappa shape index (κ1) is 18.1. The van der Waals surface area contributed by atoms with E-state index in [2.05, 4.69) is 4.99 Å². The van der Waals surface area contributed by atoms with Gasteiger partial charge in [-0.2, -0.15) is 4.99 Å². The first-order valence-corrected chi connectivity index (χ1v) is 8.88. The molecule has 0 aliphatic heterocycles. The molecule has 0 aliphatic carbocycles. The van der Waals surface area contributed by atoms with Crippen LogP contribution >= 0.6 is 22.9 Å². The van der Waals surface area contributed by atoms with Gasteiger partial charge in [-0.25, -0.2) is 4.79 Å². The fourth-order valence-electron chi connectivity index (χ4n) is 2.39. The minimum atomic E-state index is -0.403. The Morgan fingerprint density at radius 3 is 2.73 bits per heavy atom. The zero-order valence-corrected chi connectivity index (χ0v) is 15.7. The van der Waals surface area contributed by atoms with Gasteiger partial charge in [0.1, 0.15) is 0 Å². The lowest BCUT2D eigenvalue weighted by Gasteiger charge is -1.99. The molecule has 2 aromatic carbocycles. The van der Waals surface area contributed by atoms with Crippen molar-refractivity contribution >= 4 is 51.1 Å². The number of aryl methyl sites for hydroxylation is 1. The number of benzene rings is 2. The number of hydrogen-bond acceptors (Lipinski definition) is 4. The predicted molar refractivity (Wildman–Crippen MR) is 103 cm³/mol. The van der Waals surface area contributed by atoms with Crippen molar-refractivity contribution in [2.24, 2.45) is 12.0 Å². The van der Waals surface area contributed by atoms with E-state index in [4.69, 9.17) is 16.3 Å². The number of methoxy groups -OCH3 is 1. The lowest BCUT2D eigenvalue weighted by Crippen LogP contribution is -2.12. The van der Waals surface area contributed by atoms with Gasteiger partial charge in [0.2, 0.25) is 0 Å². The number of carbonyl (C=O) groups excluding carboxylic acids is 2. The number of carbonyl (C=O) groups is 2. The molecule has 0 saturated carbocycles. The number of aromatic nitrogens is 1. The standard InChI is InChI=1S/C19H15ClN2O3S/c1-22-15-9-7-13(18(24)25-2)11-16(15)26-19(22)21-17(23)10-8-12-5-3-4-6-14(12)20/h3-11H,1-2H3. The first-order valence-electron chi connectivity index (χ1n) is 7.69. The second-order valence-corrected chi connectivity index (χ2v) is 6.84. The summed E-state index contributed by atoms with van der Waals surface area (Å²) in [5.41, 5.74) is 2.09. The van der Waals surface area contributed by atoms with Crippen LogP contribution in [-0.2, 0) is 16.6 Å². The van der Waals surface area contributed by atoms with Crippen LogP contribution in [0.15, 0.2) is 53.5 Å². The van der Waals surface area contributed by atoms with Crippen molar-refractivity contribution in [2.75, 3.05) is 7.11 Å². The molecule has 0 atom stereocenters. The summed E-state index contributed by atoms with van der Waals surface area (Å²) >= 11 is 7.39. The van der Waals surface area contributed by atoms with Crippen molar-refractivity contribution in [2.45, 2.75) is 0 Å². The summed E-state index contributed by atoms with van der Waals surface area (Å²) in [4.78, 5) is 28.5. The molecule has 1 aromatic heterocycles. The number of rotatable bonds is 3. The van der Waals surface area contributed by atoms with Crippen molar-refractivity contribution in [3.8, 4) is 0 Å². The van der Waals surface area contributed by atoms with Crippen LogP contribution in [0, 0.1) is 0 Å². The molecule has 3 aromatic rings. The van der Waals surface area contributed by atoms with Gasteiger partial charge < -0.3 is 9.30 Å². The van der Waals surface area contributed by atoms with E-state index in [1.165, 1.54) is 24.5 Å². The highest BCUT2D eigenvalue weighted by Gasteiger charge is 2.09. The van der Waals surface area contributed by atoms with Crippen LogP contribution < -0.4 is 4.80 Å². The molecular formula is C19H15ClN2O3S. The molecule has 0 bridgehead atoms. The Bertz CT molecular complexity index is 1100. The molecule has 7 heteroatoms. The number of esters is 1. The summed E-state index contributed by atoms with van der Waals surface area (Å²) in [5, 5.41) is 0.569. The minimum Gasteiger partial charge on any atom is -0.465 e. The number of thiazole rings is 1. The molecule has 0 N–H and O–H groups in total. The Balaban J connectivity index is 1.94. The third-order valence-electron chi connectivity index (χ3n) is 3.75. The van der Waals surface area contributed by atoms with Gasteiger partial charge in [-0.15, -0.1) is 0 Å². The fraction of sp³-hybridized carbons (Fsp3) is 0.105. The summed E-state index contributed by atoms with van der Waals surface area (Å²) in [6.45, 7) is 0. The maximum Gasteiger partial charge on any atom is 0.337 e. The summed E-state index contributed by atoms with van der Waals surface area (Å²) in [5.74, 6) is -0.791. The number of nitrogens with zero attached hydrogens (tertiary/aromatic N) is 2. The highest BCUT2D eigenvalue weighted by Crippen LogP contribution is 2.19. The topological polar surface area (TPSA) is 60.7 Å². The maximum atomic E-state index is 12.2. The van der Waals surface area contributed by atoms with Gasteiger partial charge in [-0.1, -0.05) is 41.1 Å². The molecule has 132 valence electrons. The monoisotopic (exact) mass is 386 g/mol. The summed E-state index contributed by atoms with van der Waals surface area (Å²) in [6, 6.07) is 12.5. The van der Waals surface area contributed by atoms with Crippen molar-refractivity contribution in [3.05, 3.63) is 69.5 Å². The molecule has 0 spiro atoms. The second-order valence-electron chi connectivity index (χ2n) is 5.42. The van der Waals surface area contributed by atoms with Crippen molar-refractivity contribution in [1.29, 1.82) is 0 Å². The molecule has 0 aliphatic rings. The highest BCUT2D eigenvalue weighted by molar-refractivity contribution is 7.16. The zero-order valence-electron chi connectivity index (χ0n) is 14.1. The summed E-state index contributed by atoms with van der Waals surface area (Å²) in [6.07, 6.45) is 3.02. The predicted octanol–water partition coefficient (Wildman–Crippen LogP) is 3.82. The smallest absolute Gasteiger partial charge is 0.337 e. The van der Waals surface area contributed by atoms with E-state index in [1.54, 1.807) is 30.3 Å². The normalized spacial score (nSPS) is 12.0. The number of ether oxygens (including phenoxy) is 1. The number of halogens is 1. The van der Waals surface area contributed by atoms with Crippen LogP contribution in [0.1, 0.15) is 15.9 Å². The van der Waals surface area contributed by atoms with E-state index in [1.807, 2.05) is 29.8 Å². The number of fused-ring (bicyclic) bond motifs is 1. The average Bonchev–Trinajstić information content (AvgIpc) is 2.95. The van der Waals surface area contributed by atoms with Gasteiger partial charge in [0.05, 0.1) is 22.9 Å². The minimum absolute atomic E-state index is 0.389. The molecule has 0 saturated heterocycles. The van der Waals surface area contributed by atoms with Crippen LogP contribution in [-0.4, -0.2) is 23.6 Å². The largest absolute Gasteiger partial charge is 0.465 e. The van der Waals surface area contributed by atoms with Crippen LogP contribution in [0.2, 0.25) is 5.02 Å². The van der Waals surface area contributed by atoms with Crippen LogP contribution in [0.5, 0.6) is 0 Å². The van der Waals surface area contributed by atoms with Gasteiger partial charge in [0, 0.05) is 18.1 Å². The molecular weight excluding hydrogens is 372 g/mol. The Kier molecular flexibility index (Phi) is 5.35. The molecule has 1 heterocycles.